The molecule has 1 heterocycles. The Hall–Kier alpha value is -2.23. The minimum Gasteiger partial charge on any atom is -0.486 e. The fourth-order valence-corrected chi connectivity index (χ4v) is 2.58. The Labute approximate surface area is 145 Å². The number of para-hydroxylation sites is 1. The zero-order chi connectivity index (χ0) is 17.2. The van der Waals surface area contributed by atoms with E-state index >= 15 is 0 Å². The predicted molar refractivity (Wildman–Crippen MR) is 87.5 cm³/mol. The first-order chi connectivity index (χ1) is 11.4. The summed E-state index contributed by atoms with van der Waals surface area (Å²) in [5.41, 5.74) is -0.325. The van der Waals surface area contributed by atoms with Crippen molar-refractivity contribution >= 4 is 20.7 Å². The number of hydrogen-bond donors (Lipinski definition) is 0. The largest absolute Gasteiger partial charge is 0.486 e. The van der Waals surface area contributed by atoms with Crippen molar-refractivity contribution in [1.29, 1.82) is 0 Å². The van der Waals surface area contributed by atoms with Gasteiger partial charge in [-0.3, -0.25) is 0 Å². The van der Waals surface area contributed by atoms with Gasteiger partial charge in [0.2, 0.25) is 0 Å². The van der Waals surface area contributed by atoms with Crippen molar-refractivity contribution < 1.29 is 17.9 Å². The lowest BCUT2D eigenvalue weighted by atomic mass is 10.3. The van der Waals surface area contributed by atoms with Crippen LogP contribution in [0.15, 0.2) is 60.8 Å². The first-order valence-corrected chi connectivity index (χ1v) is 8.34. The van der Waals surface area contributed by atoms with Gasteiger partial charge in [-0.1, -0.05) is 30.3 Å². The van der Waals surface area contributed by atoms with Crippen LogP contribution in [-0.2, 0) is 12.8 Å². The Balaban J connectivity index is 1.90. The summed E-state index contributed by atoms with van der Waals surface area (Å²) in [6, 6.07) is 16.3. The summed E-state index contributed by atoms with van der Waals surface area (Å²) in [5.74, 6) is 0.800. The highest BCUT2D eigenvalue weighted by Crippen LogP contribution is 2.29. The lowest BCUT2D eigenvalue weighted by molar-refractivity contribution is -0.141. The smallest absolute Gasteiger partial charge is 0.434 e. The molecule has 0 aliphatic rings. The van der Waals surface area contributed by atoms with Gasteiger partial charge in [0.1, 0.15) is 12.4 Å². The summed E-state index contributed by atoms with van der Waals surface area (Å²) < 4.78 is 47.2. The maximum absolute atomic E-state index is 13.0. The van der Waals surface area contributed by atoms with Crippen LogP contribution in [0.3, 0.4) is 0 Å². The molecule has 0 fully saturated rings. The van der Waals surface area contributed by atoms with Gasteiger partial charge in [-0.15, -0.1) is 4.43 Å². The topological polar surface area (TPSA) is 27.1 Å². The predicted octanol–water partition coefficient (Wildman–Crippen LogP) is 2.73. The van der Waals surface area contributed by atoms with Crippen LogP contribution in [0.1, 0.15) is 11.5 Å². The molecule has 0 unspecified atom stereocenters. The molecule has 122 valence electrons. The number of alkyl halides is 3. The molecule has 24 heavy (non-hydrogen) atoms. The summed E-state index contributed by atoms with van der Waals surface area (Å²) in [4.78, 5) is 3.71. The normalized spacial score (nSPS) is 11.5. The van der Waals surface area contributed by atoms with Gasteiger partial charge in [0.15, 0.2) is 11.5 Å². The van der Waals surface area contributed by atoms with Gasteiger partial charge in [-0.2, -0.15) is 13.2 Å². The van der Waals surface area contributed by atoms with E-state index in [4.69, 9.17) is 4.74 Å². The minimum atomic E-state index is -4.50. The van der Waals surface area contributed by atoms with Gasteiger partial charge in [0.25, 0.3) is 16.3 Å². The zero-order valence-corrected chi connectivity index (χ0v) is 14.9. The number of ether oxygens (including phenoxy) is 1. The van der Waals surface area contributed by atoms with Crippen LogP contribution in [0.5, 0.6) is 5.75 Å². The van der Waals surface area contributed by atoms with Gasteiger partial charge < -0.3 is 9.30 Å². The lowest BCUT2D eigenvalue weighted by Crippen LogP contribution is -2.07. The molecule has 0 amide bonds. The third-order valence-corrected chi connectivity index (χ3v) is 4.16. The van der Waals surface area contributed by atoms with Crippen molar-refractivity contribution in [2.45, 2.75) is 12.8 Å². The summed E-state index contributed by atoms with van der Waals surface area (Å²) >= 11 is 0.934. The van der Waals surface area contributed by atoms with Gasteiger partial charge in [-0.05, 0) is 24.3 Å². The Morgan fingerprint density at radius 2 is 1.67 bits per heavy atom. The third kappa shape index (κ3) is 3.81. The molecule has 0 spiro atoms. The minimum absolute atomic E-state index is 0.0501. The van der Waals surface area contributed by atoms with E-state index in [0.29, 0.717) is 11.4 Å². The molecular weight excluding hydrogens is 332 g/mol. The van der Waals surface area contributed by atoms with E-state index < -0.39 is 11.9 Å². The van der Waals surface area contributed by atoms with Crippen LogP contribution in [0.4, 0.5) is 13.2 Å². The quantitative estimate of drug-likeness (QED) is 0.680. The van der Waals surface area contributed by atoms with Crippen LogP contribution in [-0.4, -0.2) is 25.8 Å². The molecule has 3 nitrogen and oxygen atoms in total. The van der Waals surface area contributed by atoms with E-state index in [1.807, 2.05) is 24.3 Å². The maximum atomic E-state index is 13.0. The van der Waals surface area contributed by atoms with Gasteiger partial charge >= 0.3 is 6.18 Å². The molecule has 0 saturated heterocycles. The second kappa shape index (κ2) is 6.72. The van der Waals surface area contributed by atoms with E-state index in [9.17, 15) is 13.2 Å². The Morgan fingerprint density at radius 1 is 1.00 bits per heavy atom. The molecule has 3 rings (SSSR count). The Kier molecular flexibility index (Phi) is 4.65. The molecule has 0 radical (unpaired) electrons. The van der Waals surface area contributed by atoms with E-state index in [1.165, 1.54) is 8.99 Å². The highest BCUT2D eigenvalue weighted by molar-refractivity contribution is 6.32. The average Bonchev–Trinajstić information content (AvgIpc) is 3.00. The number of imidazole rings is 1. The van der Waals surface area contributed by atoms with Gasteiger partial charge in [-0.25, -0.2) is 4.98 Å². The van der Waals surface area contributed by atoms with Crippen molar-refractivity contribution in [1.82, 2.24) is 9.55 Å². The molecule has 0 aliphatic carbocycles. The SMILES string of the molecule is FC(F)(F)c1cn(-c2ccccc2)c(COc2cc[c]([AlH2])cc2)n1. The fourth-order valence-electron chi connectivity index (χ4n) is 2.25. The molecule has 0 saturated carbocycles. The van der Waals surface area contributed by atoms with Gasteiger partial charge in [0, 0.05) is 11.9 Å². The summed E-state index contributed by atoms with van der Waals surface area (Å²) in [6.07, 6.45) is -3.50. The second-order valence-electron chi connectivity index (χ2n) is 5.35. The number of aromatic nitrogens is 2. The highest BCUT2D eigenvalue weighted by Gasteiger charge is 2.35. The first kappa shape index (κ1) is 16.6. The average molecular weight is 346 g/mol. The number of halogens is 3. The monoisotopic (exact) mass is 346 g/mol. The molecule has 0 N–H and O–H groups in total. The van der Waals surface area contributed by atoms with Crippen LogP contribution < -0.4 is 9.16 Å². The van der Waals surface area contributed by atoms with Gasteiger partial charge in [0.05, 0.1) is 0 Å². The summed E-state index contributed by atoms with van der Waals surface area (Å²) in [6.45, 7) is -0.0501. The summed E-state index contributed by atoms with van der Waals surface area (Å²) in [7, 11) is 0. The Morgan fingerprint density at radius 3 is 2.29 bits per heavy atom. The number of benzene rings is 2. The van der Waals surface area contributed by atoms with Crippen molar-refractivity contribution in [3.8, 4) is 11.4 Å². The van der Waals surface area contributed by atoms with Crippen LogP contribution >= 0.6 is 0 Å². The van der Waals surface area contributed by atoms with Crippen LogP contribution in [0.25, 0.3) is 5.69 Å². The third-order valence-electron chi connectivity index (χ3n) is 3.49. The van der Waals surface area contributed by atoms with Crippen molar-refractivity contribution in [3.05, 3.63) is 72.3 Å². The number of hydrogen-bond acceptors (Lipinski definition) is 2. The maximum Gasteiger partial charge on any atom is 0.434 e. The summed E-state index contributed by atoms with van der Waals surface area (Å²) in [5, 5.41) is 0. The molecule has 0 atom stereocenters. The van der Waals surface area contributed by atoms with E-state index in [2.05, 4.69) is 4.98 Å². The lowest BCUT2D eigenvalue weighted by Gasteiger charge is -2.09. The zero-order valence-electron chi connectivity index (χ0n) is 12.9. The van der Waals surface area contributed by atoms with Crippen molar-refractivity contribution in [2.24, 2.45) is 0 Å². The van der Waals surface area contributed by atoms with E-state index in [1.54, 1.807) is 30.3 Å². The second-order valence-corrected chi connectivity index (χ2v) is 6.50. The molecule has 0 aliphatic heterocycles. The first-order valence-electron chi connectivity index (χ1n) is 7.34. The molecule has 7 heteroatoms. The molecular formula is C17H14AlF3N2O. The fraction of sp³-hybridized carbons (Fsp3) is 0.118. The molecule has 2 aromatic carbocycles. The van der Waals surface area contributed by atoms with Crippen LogP contribution in [0, 0.1) is 0 Å². The molecule has 0 bridgehead atoms. The van der Waals surface area contributed by atoms with Crippen molar-refractivity contribution in [3.63, 3.8) is 0 Å². The van der Waals surface area contributed by atoms with E-state index in [-0.39, 0.29) is 12.4 Å². The van der Waals surface area contributed by atoms with Crippen LogP contribution in [0.2, 0.25) is 0 Å². The molecule has 3 aromatic rings. The highest BCUT2D eigenvalue weighted by atomic mass is 27.0. The number of rotatable bonds is 4. The standard InChI is InChI=1S/C17H12F3N2O.Al.2H/c18-17(19,20)15-11-22(13-7-3-1-4-8-13)16(21-15)12-23-14-9-5-2-6-10-14;;;/h1,3-11H,12H2;;;. The van der Waals surface area contributed by atoms with Crippen molar-refractivity contribution in [2.75, 3.05) is 0 Å². The number of nitrogens with zero attached hydrogens (tertiary/aromatic N) is 2. The Bertz CT molecular complexity index is 814. The molecule has 1 aromatic heterocycles. The van der Waals surface area contributed by atoms with E-state index in [0.717, 1.165) is 22.5 Å².